The van der Waals surface area contributed by atoms with E-state index >= 15 is 0 Å². The Morgan fingerprint density at radius 2 is 0.600 bits per heavy atom. The van der Waals surface area contributed by atoms with E-state index in [1.807, 2.05) is 6.07 Å². The third kappa shape index (κ3) is 35.5. The number of quaternary nitrogens is 1. The van der Waals surface area contributed by atoms with E-state index < -0.39 is 10.1 Å². The molecule has 5 heteroatoms. The maximum absolute atomic E-state index is 12.2. The van der Waals surface area contributed by atoms with Crippen LogP contribution in [0.3, 0.4) is 0 Å². The smallest absolute Gasteiger partial charge is 0.294 e. The van der Waals surface area contributed by atoms with Gasteiger partial charge in [0.15, 0.2) is 0 Å². The van der Waals surface area contributed by atoms with Gasteiger partial charge in [0, 0.05) is 5.56 Å². The van der Waals surface area contributed by atoms with Gasteiger partial charge in [-0.15, -0.1) is 0 Å². The van der Waals surface area contributed by atoms with Crippen LogP contribution in [0.15, 0.2) is 29.2 Å². The Balaban J connectivity index is 2.70. The molecule has 0 amide bonds. The summed E-state index contributed by atoms with van der Waals surface area (Å²) in [5.74, 6) is 0. The summed E-state index contributed by atoms with van der Waals surface area (Å²) in [5, 5.41) is 0. The molecule has 0 aliphatic rings. The van der Waals surface area contributed by atoms with Gasteiger partial charge in [-0.3, -0.25) is 4.55 Å². The maximum atomic E-state index is 12.2. The largest absolute Gasteiger partial charge is 0.320 e. The summed E-state index contributed by atoms with van der Waals surface area (Å²) in [5.41, 5.74) is 1.06. The van der Waals surface area contributed by atoms with Crippen molar-refractivity contribution >= 4 is 10.1 Å². The predicted octanol–water partition coefficient (Wildman–Crippen LogP) is 18.7. The number of unbranched alkanes of at least 4 members (excludes halogenated alkanes) is 39. The van der Waals surface area contributed by atoms with E-state index in [2.05, 4.69) is 26.8 Å². The summed E-state index contributed by atoms with van der Waals surface area (Å²) >= 11 is 0. The molecule has 0 radical (unpaired) electrons. The summed E-state index contributed by atoms with van der Waals surface area (Å²) in [6.07, 6.45) is 58.0. The van der Waals surface area contributed by atoms with E-state index in [4.69, 9.17) is 0 Å². The third-order valence-electron chi connectivity index (χ3n) is 13.7. The van der Waals surface area contributed by atoms with Crippen LogP contribution in [0.4, 0.5) is 0 Å². The monoisotopic (exact) mass is 861 g/mol. The fraction of sp³-hybridized carbons (Fsp3) is 0.891. The first-order chi connectivity index (χ1) is 29.4. The molecule has 0 atom stereocenters. The first-order valence-electron chi connectivity index (χ1n) is 27.3. The van der Waals surface area contributed by atoms with E-state index in [0.29, 0.717) is 0 Å². The highest BCUT2D eigenvalue weighted by molar-refractivity contribution is 7.85. The van der Waals surface area contributed by atoms with Crippen LogP contribution in [-0.2, 0) is 16.7 Å². The number of hydrogen-bond acceptors (Lipinski definition) is 2. The van der Waals surface area contributed by atoms with Gasteiger partial charge in [0.05, 0.1) is 24.5 Å². The molecule has 354 valence electrons. The van der Waals surface area contributed by atoms with Crippen molar-refractivity contribution in [2.75, 3.05) is 19.6 Å². The summed E-state index contributed by atoms with van der Waals surface area (Å²) in [7, 11) is -4.22. The van der Waals surface area contributed by atoms with Crippen LogP contribution in [0.25, 0.3) is 0 Å². The molecule has 0 saturated carbocycles. The average Bonchev–Trinajstić information content (AvgIpc) is 3.23. The van der Waals surface area contributed by atoms with Crippen LogP contribution in [0, 0.1) is 0 Å². The van der Waals surface area contributed by atoms with Crippen LogP contribution in [-0.4, -0.2) is 37.1 Å². The molecule has 0 saturated heterocycles. The Morgan fingerprint density at radius 1 is 0.367 bits per heavy atom. The SMILES string of the molecule is CCCCCCCCCCCCCCCC[N+](CCCCCCCCCCCCCCCC)(CCCCCCCCCCCCCCCC)Cc1cccc(S(=O)(=O)O)c1. The third-order valence-corrected chi connectivity index (χ3v) is 14.5. The summed E-state index contributed by atoms with van der Waals surface area (Å²) in [6, 6.07) is 7.23. The van der Waals surface area contributed by atoms with Crippen LogP contribution < -0.4 is 0 Å². The Morgan fingerprint density at radius 3 is 0.833 bits per heavy atom. The maximum Gasteiger partial charge on any atom is 0.294 e. The highest BCUT2D eigenvalue weighted by Crippen LogP contribution is 2.25. The van der Waals surface area contributed by atoms with Crippen LogP contribution in [0.1, 0.15) is 296 Å². The van der Waals surface area contributed by atoms with Gasteiger partial charge in [0.1, 0.15) is 6.54 Å². The van der Waals surface area contributed by atoms with Crippen molar-refractivity contribution in [3.8, 4) is 0 Å². The number of hydrogen-bond donors (Lipinski definition) is 1. The molecule has 0 bridgehead atoms. The van der Waals surface area contributed by atoms with E-state index in [1.165, 1.54) is 289 Å². The lowest BCUT2D eigenvalue weighted by Crippen LogP contribution is -2.49. The minimum atomic E-state index is -4.22. The second-order valence-corrected chi connectivity index (χ2v) is 21.0. The molecule has 1 aromatic carbocycles. The van der Waals surface area contributed by atoms with Gasteiger partial charge < -0.3 is 4.48 Å². The zero-order valence-electron chi connectivity index (χ0n) is 41.0. The minimum absolute atomic E-state index is 0.0441. The second kappa shape index (κ2) is 42.1. The topological polar surface area (TPSA) is 54.4 Å². The first-order valence-corrected chi connectivity index (χ1v) is 28.7. The number of rotatable bonds is 48. The average molecular weight is 862 g/mol. The van der Waals surface area contributed by atoms with E-state index in [9.17, 15) is 13.0 Å². The quantitative estimate of drug-likeness (QED) is 0.0403. The molecule has 0 fully saturated rings. The number of benzene rings is 1. The summed E-state index contributed by atoms with van der Waals surface area (Å²) in [4.78, 5) is 0.0441. The standard InChI is InChI=1S/C55H105NO3S/c1-4-7-10-13-16-19-22-25-28-31-34-37-40-43-49-56(53-54-47-46-48-55(52-54)60(57,58)59,50-44-41-38-35-32-29-26-23-20-17-14-11-8-5-2)51-45-42-39-36-33-30-27-24-21-18-15-12-9-6-3/h46-48,52H,4-45,49-51,53H2,1-3H3/p+1. The lowest BCUT2D eigenvalue weighted by atomic mass is 10.0. The molecular weight excluding hydrogens is 755 g/mol. The normalized spacial score (nSPS) is 12.2. The zero-order chi connectivity index (χ0) is 43.5. The molecule has 0 aromatic heterocycles. The molecular formula is C55H106NO3S+. The molecule has 1 N–H and O–H groups in total. The summed E-state index contributed by atoms with van der Waals surface area (Å²) < 4.78 is 35.3. The highest BCUT2D eigenvalue weighted by atomic mass is 32.2. The Hall–Kier alpha value is -0.910. The Kier molecular flexibility index (Phi) is 40.0. The first kappa shape index (κ1) is 57.1. The second-order valence-electron chi connectivity index (χ2n) is 19.6. The van der Waals surface area contributed by atoms with Crippen LogP contribution in [0.5, 0.6) is 0 Å². The lowest BCUT2D eigenvalue weighted by molar-refractivity contribution is -0.941. The molecule has 0 heterocycles. The molecule has 0 aliphatic heterocycles. The van der Waals surface area contributed by atoms with E-state index in [-0.39, 0.29) is 4.90 Å². The fourth-order valence-electron chi connectivity index (χ4n) is 9.69. The van der Waals surface area contributed by atoms with Crippen LogP contribution >= 0.6 is 0 Å². The Bertz CT molecular complexity index is 1060. The van der Waals surface area contributed by atoms with Crippen molar-refractivity contribution in [3.63, 3.8) is 0 Å². The van der Waals surface area contributed by atoms with Gasteiger partial charge in [-0.2, -0.15) is 8.42 Å². The lowest BCUT2D eigenvalue weighted by Gasteiger charge is -2.39. The van der Waals surface area contributed by atoms with Crippen molar-refractivity contribution in [3.05, 3.63) is 29.8 Å². The van der Waals surface area contributed by atoms with Crippen molar-refractivity contribution in [1.29, 1.82) is 0 Å². The summed E-state index contributed by atoms with van der Waals surface area (Å²) in [6.45, 7) is 11.3. The van der Waals surface area contributed by atoms with Crippen molar-refractivity contribution < 1.29 is 17.5 Å². The molecule has 1 aromatic rings. The van der Waals surface area contributed by atoms with Gasteiger partial charge in [-0.05, 0) is 50.7 Å². The highest BCUT2D eigenvalue weighted by Gasteiger charge is 2.27. The fourth-order valence-corrected chi connectivity index (χ4v) is 10.2. The molecule has 4 nitrogen and oxygen atoms in total. The Labute approximate surface area is 377 Å². The van der Waals surface area contributed by atoms with Gasteiger partial charge in [-0.25, -0.2) is 0 Å². The van der Waals surface area contributed by atoms with E-state index in [0.717, 1.165) is 16.6 Å². The molecule has 0 spiro atoms. The van der Waals surface area contributed by atoms with Crippen molar-refractivity contribution in [1.82, 2.24) is 0 Å². The van der Waals surface area contributed by atoms with Crippen molar-refractivity contribution in [2.45, 2.75) is 302 Å². The van der Waals surface area contributed by atoms with Crippen LogP contribution in [0.2, 0.25) is 0 Å². The van der Waals surface area contributed by atoms with Gasteiger partial charge in [0.2, 0.25) is 0 Å². The molecule has 0 unspecified atom stereocenters. The molecule has 60 heavy (non-hydrogen) atoms. The van der Waals surface area contributed by atoms with Gasteiger partial charge in [0.25, 0.3) is 10.1 Å². The van der Waals surface area contributed by atoms with Gasteiger partial charge in [-0.1, -0.05) is 264 Å². The minimum Gasteiger partial charge on any atom is -0.320 e. The molecule has 1 rings (SSSR count). The predicted molar refractivity (Wildman–Crippen MR) is 266 cm³/mol. The van der Waals surface area contributed by atoms with E-state index in [1.54, 1.807) is 12.1 Å². The van der Waals surface area contributed by atoms with Crippen molar-refractivity contribution in [2.24, 2.45) is 0 Å². The number of nitrogens with zero attached hydrogens (tertiary/aromatic N) is 1. The zero-order valence-corrected chi connectivity index (χ0v) is 41.8. The van der Waals surface area contributed by atoms with Gasteiger partial charge >= 0.3 is 0 Å². The molecule has 0 aliphatic carbocycles.